The Hall–Kier alpha value is -4.89. The lowest BCUT2D eigenvalue weighted by Gasteiger charge is -2.31. The van der Waals surface area contributed by atoms with Crippen LogP contribution in [0, 0.1) is 11.8 Å². The smallest absolute Gasteiger partial charge is 0.245 e. The molecule has 1 fully saturated rings. The van der Waals surface area contributed by atoms with Crippen LogP contribution in [0.4, 0.5) is 0 Å². The van der Waals surface area contributed by atoms with Gasteiger partial charge in [0.1, 0.15) is 36.0 Å². The van der Waals surface area contributed by atoms with Gasteiger partial charge >= 0.3 is 0 Å². The van der Waals surface area contributed by atoms with Crippen LogP contribution in [-0.4, -0.2) is 94.7 Å². The first-order valence-electron chi connectivity index (χ1n) is 17.1. The SMILES string of the molecule is CC[C@H](C)[C@H](NC(=O)[C@H](Cc1ccc(O)cc1)NC(C)=O)C(=O)N[C@@H](CCCN=C(N)N)C(=O)N[C@@H](CC(C)C)C(=O)N1CCC[C@H]1C(N)=O. The maximum absolute atomic E-state index is 13.9. The maximum Gasteiger partial charge on any atom is 0.245 e. The highest BCUT2D eigenvalue weighted by Gasteiger charge is 2.38. The topological polar surface area (TPSA) is 264 Å². The van der Waals surface area contributed by atoms with Crippen molar-refractivity contribution in [1.82, 2.24) is 26.2 Å². The van der Waals surface area contributed by atoms with Crippen LogP contribution in [0.3, 0.4) is 0 Å². The Morgan fingerprint density at radius 1 is 0.900 bits per heavy atom. The fourth-order valence-corrected chi connectivity index (χ4v) is 5.80. The van der Waals surface area contributed by atoms with E-state index in [2.05, 4.69) is 26.3 Å². The van der Waals surface area contributed by atoms with Crippen molar-refractivity contribution in [1.29, 1.82) is 0 Å². The first kappa shape index (κ1) is 41.3. The normalized spacial score (nSPS) is 17.1. The molecule has 1 aliphatic rings. The van der Waals surface area contributed by atoms with E-state index in [0.717, 1.165) is 0 Å². The van der Waals surface area contributed by atoms with Crippen molar-refractivity contribution < 1.29 is 33.9 Å². The van der Waals surface area contributed by atoms with E-state index >= 15 is 0 Å². The van der Waals surface area contributed by atoms with Crippen LogP contribution in [0.5, 0.6) is 5.75 Å². The lowest BCUT2D eigenvalue weighted by molar-refractivity contribution is -0.141. The number of aromatic hydroxyl groups is 1. The Labute approximate surface area is 293 Å². The molecule has 1 saturated heterocycles. The van der Waals surface area contributed by atoms with E-state index in [4.69, 9.17) is 17.2 Å². The highest BCUT2D eigenvalue weighted by atomic mass is 16.3. The van der Waals surface area contributed by atoms with Crippen molar-refractivity contribution in [2.45, 2.75) is 110 Å². The highest BCUT2D eigenvalue weighted by Crippen LogP contribution is 2.20. The van der Waals surface area contributed by atoms with Crippen LogP contribution >= 0.6 is 0 Å². The van der Waals surface area contributed by atoms with Crippen LogP contribution in [0.1, 0.15) is 78.7 Å². The van der Waals surface area contributed by atoms with Crippen LogP contribution in [0.15, 0.2) is 29.3 Å². The molecule has 0 unspecified atom stereocenters. The number of amides is 6. The first-order chi connectivity index (χ1) is 23.5. The second-order valence-electron chi connectivity index (χ2n) is 13.3. The van der Waals surface area contributed by atoms with E-state index in [1.54, 1.807) is 19.1 Å². The van der Waals surface area contributed by atoms with Crippen molar-refractivity contribution in [3.8, 4) is 5.75 Å². The monoisotopic (exact) mass is 701 g/mol. The number of nitrogens with two attached hydrogens (primary N) is 3. The summed E-state index contributed by atoms with van der Waals surface area (Å²) in [4.78, 5) is 84.3. The lowest BCUT2D eigenvalue weighted by atomic mass is 9.96. The number of aliphatic imine (C=N–C) groups is 1. The van der Waals surface area contributed by atoms with E-state index in [-0.39, 0.29) is 49.4 Å². The number of hydrogen-bond acceptors (Lipinski definition) is 8. The van der Waals surface area contributed by atoms with Gasteiger partial charge in [-0.1, -0.05) is 46.2 Å². The van der Waals surface area contributed by atoms with Gasteiger partial charge in [0.05, 0.1) is 0 Å². The molecule has 1 aromatic carbocycles. The number of nitrogens with zero attached hydrogens (tertiary/aromatic N) is 2. The first-order valence-corrected chi connectivity index (χ1v) is 17.1. The Morgan fingerprint density at radius 2 is 1.52 bits per heavy atom. The van der Waals surface area contributed by atoms with Gasteiger partial charge in [-0.3, -0.25) is 33.8 Å². The number of carbonyl (C=O) groups is 6. The number of primary amides is 1. The van der Waals surface area contributed by atoms with Crippen LogP contribution < -0.4 is 38.5 Å². The second kappa shape index (κ2) is 19.9. The number of carbonyl (C=O) groups excluding carboxylic acids is 6. The molecule has 278 valence electrons. The average molecular weight is 702 g/mol. The summed E-state index contributed by atoms with van der Waals surface area (Å²) < 4.78 is 0. The molecule has 16 nitrogen and oxygen atoms in total. The molecule has 50 heavy (non-hydrogen) atoms. The minimum atomic E-state index is -1.14. The Kier molecular flexibility index (Phi) is 16.5. The third-order valence-electron chi connectivity index (χ3n) is 8.63. The van der Waals surface area contributed by atoms with Gasteiger partial charge in [0, 0.05) is 26.4 Å². The molecule has 6 atom stereocenters. The van der Waals surface area contributed by atoms with Gasteiger partial charge in [0.2, 0.25) is 35.4 Å². The van der Waals surface area contributed by atoms with Gasteiger partial charge in [-0.15, -0.1) is 0 Å². The molecular formula is C34H55N9O7. The largest absolute Gasteiger partial charge is 0.508 e. The number of hydrogen-bond donors (Lipinski definition) is 8. The molecular weight excluding hydrogens is 646 g/mol. The molecule has 1 aliphatic heterocycles. The van der Waals surface area contributed by atoms with Crippen molar-refractivity contribution >= 4 is 41.4 Å². The predicted molar refractivity (Wildman–Crippen MR) is 188 cm³/mol. The Morgan fingerprint density at radius 3 is 2.08 bits per heavy atom. The van der Waals surface area contributed by atoms with E-state index in [1.807, 2.05) is 20.8 Å². The zero-order valence-electron chi connectivity index (χ0n) is 29.7. The second-order valence-corrected chi connectivity index (χ2v) is 13.3. The van der Waals surface area contributed by atoms with Crippen LogP contribution in [0.2, 0.25) is 0 Å². The molecule has 0 bridgehead atoms. The third-order valence-corrected chi connectivity index (χ3v) is 8.63. The molecule has 0 aromatic heterocycles. The predicted octanol–water partition coefficient (Wildman–Crippen LogP) is -0.484. The van der Waals surface area contributed by atoms with E-state index in [1.165, 1.54) is 24.0 Å². The number of rotatable bonds is 19. The highest BCUT2D eigenvalue weighted by molar-refractivity contribution is 5.96. The number of likely N-dealkylation sites (tertiary alicyclic amines) is 1. The molecule has 16 heteroatoms. The molecule has 1 heterocycles. The maximum atomic E-state index is 13.9. The van der Waals surface area contributed by atoms with Gasteiger partial charge in [-0.2, -0.15) is 0 Å². The Balaban J connectivity index is 2.33. The fourth-order valence-electron chi connectivity index (χ4n) is 5.80. The van der Waals surface area contributed by atoms with E-state index < -0.39 is 65.7 Å². The van der Waals surface area contributed by atoms with E-state index in [0.29, 0.717) is 37.8 Å². The number of phenolic OH excluding ortho intramolecular Hbond substituents is 1. The lowest BCUT2D eigenvalue weighted by Crippen LogP contribution is -2.60. The number of phenols is 1. The number of benzene rings is 1. The molecule has 2 rings (SSSR count). The number of nitrogens with one attached hydrogen (secondary N) is 4. The summed E-state index contributed by atoms with van der Waals surface area (Å²) in [7, 11) is 0. The number of guanidine groups is 1. The third kappa shape index (κ3) is 13.2. The molecule has 0 radical (unpaired) electrons. The summed E-state index contributed by atoms with van der Waals surface area (Å²) in [5.74, 6) is -3.84. The summed E-state index contributed by atoms with van der Waals surface area (Å²) in [6.45, 7) is 9.18. The molecule has 1 aromatic rings. The summed E-state index contributed by atoms with van der Waals surface area (Å²) >= 11 is 0. The van der Waals surface area contributed by atoms with Crippen molar-refractivity contribution in [3.05, 3.63) is 29.8 Å². The summed E-state index contributed by atoms with van der Waals surface area (Å²) in [5.41, 5.74) is 17.1. The minimum Gasteiger partial charge on any atom is -0.508 e. The summed E-state index contributed by atoms with van der Waals surface area (Å²) in [6, 6.07) is 1.16. The van der Waals surface area contributed by atoms with Crippen molar-refractivity contribution in [2.24, 2.45) is 34.0 Å². The van der Waals surface area contributed by atoms with Gasteiger partial charge in [-0.05, 0) is 61.6 Å². The summed E-state index contributed by atoms with van der Waals surface area (Å²) in [6.07, 6.45) is 2.30. The fraction of sp³-hybridized carbons (Fsp3) is 0.618. The van der Waals surface area contributed by atoms with E-state index in [9.17, 15) is 33.9 Å². The van der Waals surface area contributed by atoms with Gasteiger partial charge in [0.25, 0.3) is 0 Å². The molecule has 6 amide bonds. The van der Waals surface area contributed by atoms with Crippen molar-refractivity contribution in [3.63, 3.8) is 0 Å². The quantitative estimate of drug-likeness (QED) is 0.0525. The van der Waals surface area contributed by atoms with Crippen molar-refractivity contribution in [2.75, 3.05) is 13.1 Å². The van der Waals surface area contributed by atoms with Gasteiger partial charge in [0.15, 0.2) is 5.96 Å². The molecule has 0 spiro atoms. The standard InChI is InChI=1S/C34H55N9O7/c1-6-20(4)28(42-31(48)25(39-21(5)44)18-22-11-13-23(45)14-12-22)32(49)40-24(9-7-15-38-34(36)37)30(47)41-26(17-19(2)3)33(50)43-16-8-10-27(43)29(35)46/h11-14,19-20,24-28,45H,6-10,15-18H2,1-5H3,(H2,35,46)(H,39,44)(H,40,49)(H,41,47)(H,42,48)(H4,36,37,38)/t20-,24-,25-,26-,27-,28-/m0/s1. The minimum absolute atomic E-state index is 0.00285. The van der Waals surface area contributed by atoms with Gasteiger partial charge in [-0.25, -0.2) is 0 Å². The van der Waals surface area contributed by atoms with Crippen LogP contribution in [0.25, 0.3) is 0 Å². The van der Waals surface area contributed by atoms with Crippen LogP contribution in [-0.2, 0) is 35.2 Å². The molecule has 11 N–H and O–H groups in total. The zero-order valence-corrected chi connectivity index (χ0v) is 29.7. The Bertz CT molecular complexity index is 1370. The van der Waals surface area contributed by atoms with Gasteiger partial charge < -0.3 is 48.5 Å². The summed E-state index contributed by atoms with van der Waals surface area (Å²) in [5, 5.41) is 20.6. The molecule has 0 saturated carbocycles. The average Bonchev–Trinajstić information content (AvgIpc) is 3.54. The zero-order chi connectivity index (χ0) is 37.5. The molecule has 0 aliphatic carbocycles.